The molecule has 0 spiro atoms. The van der Waals surface area contributed by atoms with Gasteiger partial charge in [-0.1, -0.05) is 30.3 Å². The molecule has 0 bridgehead atoms. The van der Waals surface area contributed by atoms with E-state index in [0.29, 0.717) is 22.5 Å². The number of anilines is 1. The number of benzene rings is 2. The van der Waals surface area contributed by atoms with Crippen molar-refractivity contribution in [3.8, 4) is 0 Å². The molecule has 0 saturated heterocycles. The first kappa shape index (κ1) is 18.8. The van der Waals surface area contributed by atoms with Gasteiger partial charge in [0, 0.05) is 27.9 Å². The number of nitrogens with one attached hydrogen (secondary N) is 1. The molecule has 0 fully saturated rings. The third kappa shape index (κ3) is 3.49. The van der Waals surface area contributed by atoms with Gasteiger partial charge in [-0.25, -0.2) is 0 Å². The maximum Gasteiger partial charge on any atom is 0.286 e. The van der Waals surface area contributed by atoms with Crippen molar-refractivity contribution in [2.75, 3.05) is 5.32 Å². The lowest BCUT2D eigenvalue weighted by atomic mass is 9.89. The summed E-state index contributed by atoms with van der Waals surface area (Å²) in [5, 5.41) is 3.26. The van der Waals surface area contributed by atoms with Crippen molar-refractivity contribution in [2.45, 2.75) is 27.7 Å². The number of aryl methyl sites for hydroxylation is 4. The van der Waals surface area contributed by atoms with Gasteiger partial charge in [-0.3, -0.25) is 9.59 Å². The Hall–Kier alpha value is -3.53. The van der Waals surface area contributed by atoms with Crippen LogP contribution in [0.15, 0.2) is 66.6 Å². The highest BCUT2D eigenvalue weighted by atomic mass is 16.1. The van der Waals surface area contributed by atoms with Crippen LogP contribution in [-0.4, -0.2) is 11.6 Å². The molecule has 1 aliphatic carbocycles. The zero-order valence-electron chi connectivity index (χ0n) is 17.0. The Bertz CT molecular complexity index is 1160. The van der Waals surface area contributed by atoms with Gasteiger partial charge in [-0.15, -0.1) is 0 Å². The lowest BCUT2D eigenvalue weighted by molar-refractivity contribution is -0.578. The molecule has 4 nitrogen and oxygen atoms in total. The molecule has 1 N–H and O–H groups in total. The number of hydrogen-bond acceptors (Lipinski definition) is 3. The highest BCUT2D eigenvalue weighted by Crippen LogP contribution is 2.28. The highest BCUT2D eigenvalue weighted by Gasteiger charge is 2.38. The molecule has 3 aromatic rings. The molecule has 0 saturated carbocycles. The maximum absolute atomic E-state index is 13.4. The van der Waals surface area contributed by atoms with Crippen molar-refractivity contribution in [3.63, 3.8) is 0 Å². The van der Waals surface area contributed by atoms with E-state index in [2.05, 4.69) is 11.4 Å². The summed E-state index contributed by atoms with van der Waals surface area (Å²) in [5.74, 6) is -0.344. The third-order valence-electron chi connectivity index (χ3n) is 4.99. The summed E-state index contributed by atoms with van der Waals surface area (Å²) >= 11 is 0. The second-order valence-electron chi connectivity index (χ2n) is 7.73. The molecular formula is C25H23N2O2+. The first-order valence-corrected chi connectivity index (χ1v) is 9.61. The predicted molar refractivity (Wildman–Crippen MR) is 114 cm³/mol. The van der Waals surface area contributed by atoms with Gasteiger partial charge in [-0.05, 0) is 57.0 Å². The number of pyridine rings is 1. The predicted octanol–water partition coefficient (Wildman–Crippen LogP) is 4.57. The topological polar surface area (TPSA) is 50.1 Å². The summed E-state index contributed by atoms with van der Waals surface area (Å²) in [6.07, 6.45) is 3.76. The largest absolute Gasteiger partial charge is 0.347 e. The molecule has 0 radical (unpaired) electrons. The van der Waals surface area contributed by atoms with Crippen LogP contribution in [0.2, 0.25) is 0 Å². The SMILES string of the molecule is Cc1cc(C)cc(NC2=C([n+]3cc(C)cc(C)c3)C(=O)c3ccccc3C2=O)c1. The van der Waals surface area contributed by atoms with Gasteiger partial charge >= 0.3 is 0 Å². The average Bonchev–Trinajstić information content (AvgIpc) is 2.64. The zero-order chi connectivity index (χ0) is 20.7. The van der Waals surface area contributed by atoms with Crippen LogP contribution in [0, 0.1) is 27.7 Å². The van der Waals surface area contributed by atoms with Crippen LogP contribution in [-0.2, 0) is 0 Å². The Morgan fingerprint density at radius 3 is 1.79 bits per heavy atom. The Kier molecular flexibility index (Phi) is 4.63. The minimum Gasteiger partial charge on any atom is -0.347 e. The number of fused-ring (bicyclic) bond motifs is 1. The van der Waals surface area contributed by atoms with E-state index in [0.717, 1.165) is 27.9 Å². The van der Waals surface area contributed by atoms with E-state index in [1.807, 2.05) is 58.3 Å². The number of Topliss-reactive ketones (excluding diaryl/α,β-unsaturated/α-hetero) is 2. The van der Waals surface area contributed by atoms with E-state index in [1.165, 1.54) is 0 Å². The normalized spacial score (nSPS) is 13.5. The van der Waals surface area contributed by atoms with Crippen molar-refractivity contribution in [3.05, 3.63) is 100 Å². The van der Waals surface area contributed by atoms with Crippen LogP contribution in [0.4, 0.5) is 5.69 Å². The highest BCUT2D eigenvalue weighted by molar-refractivity contribution is 6.36. The Labute approximate surface area is 170 Å². The average molecular weight is 383 g/mol. The molecule has 4 heteroatoms. The minimum atomic E-state index is -0.180. The molecule has 0 atom stereocenters. The fourth-order valence-electron chi connectivity index (χ4n) is 3.95. The first-order chi connectivity index (χ1) is 13.8. The second-order valence-corrected chi connectivity index (χ2v) is 7.73. The van der Waals surface area contributed by atoms with E-state index < -0.39 is 0 Å². The number of carbonyl (C=O) groups excluding carboxylic acids is 2. The number of aromatic nitrogens is 1. The summed E-state index contributed by atoms with van der Waals surface area (Å²) in [7, 11) is 0. The van der Waals surface area contributed by atoms with Gasteiger partial charge in [0.2, 0.25) is 5.78 Å². The number of hydrogen-bond donors (Lipinski definition) is 1. The van der Waals surface area contributed by atoms with E-state index in [4.69, 9.17) is 0 Å². The number of carbonyl (C=O) groups is 2. The van der Waals surface area contributed by atoms with Gasteiger partial charge in [0.25, 0.3) is 11.5 Å². The van der Waals surface area contributed by atoms with Crippen molar-refractivity contribution < 1.29 is 14.2 Å². The molecule has 0 amide bonds. The van der Waals surface area contributed by atoms with Crippen LogP contribution < -0.4 is 9.88 Å². The van der Waals surface area contributed by atoms with Crippen LogP contribution in [0.5, 0.6) is 0 Å². The second kappa shape index (κ2) is 7.13. The van der Waals surface area contributed by atoms with E-state index in [-0.39, 0.29) is 11.6 Å². The fraction of sp³-hybridized carbons (Fsp3) is 0.160. The number of nitrogens with zero attached hydrogens (tertiary/aromatic N) is 1. The molecule has 1 heterocycles. The Morgan fingerprint density at radius 1 is 0.690 bits per heavy atom. The molecule has 1 aliphatic rings. The van der Waals surface area contributed by atoms with Crippen molar-refractivity contribution in [2.24, 2.45) is 0 Å². The molecule has 2 aromatic carbocycles. The van der Waals surface area contributed by atoms with Crippen molar-refractivity contribution in [1.82, 2.24) is 0 Å². The van der Waals surface area contributed by atoms with Crippen LogP contribution >= 0.6 is 0 Å². The Balaban J connectivity index is 1.96. The minimum absolute atomic E-state index is 0.165. The number of ketones is 2. The molecule has 144 valence electrons. The number of rotatable bonds is 3. The molecule has 0 unspecified atom stereocenters. The quantitative estimate of drug-likeness (QED) is 0.674. The van der Waals surface area contributed by atoms with Crippen LogP contribution in [0.3, 0.4) is 0 Å². The van der Waals surface area contributed by atoms with Gasteiger partial charge in [0.1, 0.15) is 0 Å². The van der Waals surface area contributed by atoms with Gasteiger partial charge in [-0.2, -0.15) is 4.57 Å². The molecule has 29 heavy (non-hydrogen) atoms. The van der Waals surface area contributed by atoms with Crippen LogP contribution in [0.25, 0.3) is 5.70 Å². The van der Waals surface area contributed by atoms with Crippen molar-refractivity contribution >= 4 is 23.0 Å². The molecule has 1 aromatic heterocycles. The summed E-state index contributed by atoms with van der Waals surface area (Å²) < 4.78 is 1.77. The third-order valence-corrected chi connectivity index (χ3v) is 4.99. The smallest absolute Gasteiger partial charge is 0.286 e. The summed E-state index contributed by atoms with van der Waals surface area (Å²) in [6, 6.07) is 15.1. The lowest BCUT2D eigenvalue weighted by Gasteiger charge is -2.19. The number of allylic oxidation sites excluding steroid dienone is 2. The Morgan fingerprint density at radius 2 is 1.21 bits per heavy atom. The van der Waals surface area contributed by atoms with E-state index >= 15 is 0 Å². The monoisotopic (exact) mass is 383 g/mol. The standard InChI is InChI=1S/C25H22N2O2/c1-15-9-16(2)12-19(11-15)26-22-23(27-13-17(3)10-18(4)14-27)25(29)21-8-6-5-7-20(21)24(22)28/h5-14H,1-4H3/p+1. The van der Waals surface area contributed by atoms with E-state index in [1.54, 1.807) is 28.8 Å². The van der Waals surface area contributed by atoms with Crippen molar-refractivity contribution in [1.29, 1.82) is 0 Å². The molecule has 0 aliphatic heterocycles. The van der Waals surface area contributed by atoms with Gasteiger partial charge in [0.05, 0.1) is 0 Å². The summed E-state index contributed by atoms with van der Waals surface area (Å²) in [6.45, 7) is 7.97. The first-order valence-electron chi connectivity index (χ1n) is 9.61. The molecular weight excluding hydrogens is 360 g/mol. The van der Waals surface area contributed by atoms with Crippen LogP contribution in [0.1, 0.15) is 43.0 Å². The zero-order valence-corrected chi connectivity index (χ0v) is 17.0. The maximum atomic E-state index is 13.4. The fourth-order valence-corrected chi connectivity index (χ4v) is 3.95. The van der Waals surface area contributed by atoms with Gasteiger partial charge < -0.3 is 5.32 Å². The molecule has 4 rings (SSSR count). The summed E-state index contributed by atoms with van der Waals surface area (Å²) in [4.78, 5) is 26.9. The van der Waals surface area contributed by atoms with E-state index in [9.17, 15) is 9.59 Å². The summed E-state index contributed by atoms with van der Waals surface area (Å²) in [5.41, 5.74) is 6.51. The lowest BCUT2D eigenvalue weighted by Crippen LogP contribution is -2.42. The van der Waals surface area contributed by atoms with Gasteiger partial charge in [0.15, 0.2) is 18.1 Å².